The third-order valence-electron chi connectivity index (χ3n) is 3.25. The van der Waals surface area contributed by atoms with Crippen LogP contribution in [0, 0.1) is 5.92 Å². The van der Waals surface area contributed by atoms with E-state index in [1.165, 1.54) is 0 Å². The fourth-order valence-corrected chi connectivity index (χ4v) is 2.18. The zero-order valence-electron chi connectivity index (χ0n) is 11.3. The SMILES string of the molecule is CC(C)CCN[C@H](C(=O)O)c1c[nH]c2ccccc12. The Morgan fingerprint density at radius 1 is 1.37 bits per heavy atom. The molecule has 1 atom stereocenters. The van der Waals surface area contributed by atoms with Gasteiger partial charge in [0.15, 0.2) is 0 Å². The van der Waals surface area contributed by atoms with Gasteiger partial charge in [-0.1, -0.05) is 32.0 Å². The van der Waals surface area contributed by atoms with Gasteiger partial charge in [-0.2, -0.15) is 0 Å². The van der Waals surface area contributed by atoms with E-state index in [9.17, 15) is 9.90 Å². The lowest BCUT2D eigenvalue weighted by Crippen LogP contribution is -2.29. The molecule has 0 fully saturated rings. The highest BCUT2D eigenvalue weighted by molar-refractivity contribution is 5.89. The maximum atomic E-state index is 11.4. The summed E-state index contributed by atoms with van der Waals surface area (Å²) in [7, 11) is 0. The van der Waals surface area contributed by atoms with E-state index in [0.29, 0.717) is 12.5 Å². The highest BCUT2D eigenvalue weighted by Gasteiger charge is 2.22. The van der Waals surface area contributed by atoms with Crippen LogP contribution in [0.15, 0.2) is 30.5 Å². The first-order chi connectivity index (χ1) is 9.09. The van der Waals surface area contributed by atoms with Gasteiger partial charge in [-0.3, -0.25) is 4.79 Å². The zero-order chi connectivity index (χ0) is 13.8. The van der Waals surface area contributed by atoms with Crippen molar-refractivity contribution in [3.8, 4) is 0 Å². The zero-order valence-corrected chi connectivity index (χ0v) is 11.3. The van der Waals surface area contributed by atoms with Crippen LogP contribution in [0.5, 0.6) is 0 Å². The number of carbonyl (C=O) groups is 1. The Bertz CT molecular complexity index is 560. The topological polar surface area (TPSA) is 65.1 Å². The van der Waals surface area contributed by atoms with Crippen LogP contribution in [-0.2, 0) is 4.79 Å². The molecule has 19 heavy (non-hydrogen) atoms. The Balaban J connectivity index is 2.21. The number of hydrogen-bond donors (Lipinski definition) is 3. The largest absolute Gasteiger partial charge is 0.480 e. The minimum absolute atomic E-state index is 0.560. The summed E-state index contributed by atoms with van der Waals surface area (Å²) in [6.45, 7) is 4.96. The lowest BCUT2D eigenvalue weighted by molar-refractivity contribution is -0.139. The second-order valence-electron chi connectivity index (χ2n) is 5.20. The number of nitrogens with one attached hydrogen (secondary N) is 2. The molecule has 0 aliphatic carbocycles. The molecular formula is C15H20N2O2. The molecule has 0 amide bonds. The first-order valence-electron chi connectivity index (χ1n) is 6.61. The highest BCUT2D eigenvalue weighted by atomic mass is 16.4. The molecular weight excluding hydrogens is 240 g/mol. The molecule has 0 saturated carbocycles. The molecule has 4 heteroatoms. The molecule has 0 aliphatic heterocycles. The molecule has 1 aromatic carbocycles. The Hall–Kier alpha value is -1.81. The fourth-order valence-electron chi connectivity index (χ4n) is 2.18. The number of para-hydroxylation sites is 1. The van der Waals surface area contributed by atoms with E-state index in [1.807, 2.05) is 24.3 Å². The average Bonchev–Trinajstić information content (AvgIpc) is 2.77. The van der Waals surface area contributed by atoms with E-state index >= 15 is 0 Å². The third-order valence-corrected chi connectivity index (χ3v) is 3.25. The summed E-state index contributed by atoms with van der Waals surface area (Å²) >= 11 is 0. The molecule has 3 N–H and O–H groups in total. The quantitative estimate of drug-likeness (QED) is 0.748. The van der Waals surface area contributed by atoms with Crippen LogP contribution in [0.25, 0.3) is 10.9 Å². The molecule has 0 bridgehead atoms. The minimum Gasteiger partial charge on any atom is -0.480 e. The van der Waals surface area contributed by atoms with Crippen LogP contribution < -0.4 is 5.32 Å². The van der Waals surface area contributed by atoms with Gasteiger partial charge in [-0.05, 0) is 24.9 Å². The van der Waals surface area contributed by atoms with Gasteiger partial charge in [-0.25, -0.2) is 0 Å². The van der Waals surface area contributed by atoms with E-state index < -0.39 is 12.0 Å². The van der Waals surface area contributed by atoms with Crippen molar-refractivity contribution in [2.24, 2.45) is 5.92 Å². The number of hydrogen-bond acceptors (Lipinski definition) is 2. The molecule has 4 nitrogen and oxygen atoms in total. The second kappa shape index (κ2) is 5.89. The summed E-state index contributed by atoms with van der Waals surface area (Å²) in [6.07, 6.45) is 2.75. The number of rotatable bonds is 6. The van der Waals surface area contributed by atoms with Crippen molar-refractivity contribution in [1.29, 1.82) is 0 Å². The molecule has 1 aromatic heterocycles. The standard InChI is InChI=1S/C15H20N2O2/c1-10(2)7-8-16-14(15(18)19)12-9-17-13-6-4-3-5-11(12)13/h3-6,9-10,14,16-17H,7-8H2,1-2H3,(H,18,19)/t14-/m0/s1. The summed E-state index contributed by atoms with van der Waals surface area (Å²) in [5.74, 6) is -0.279. The van der Waals surface area contributed by atoms with E-state index in [4.69, 9.17) is 0 Å². The molecule has 0 unspecified atom stereocenters. The maximum Gasteiger partial charge on any atom is 0.325 e. The van der Waals surface area contributed by atoms with Crippen molar-refractivity contribution in [3.63, 3.8) is 0 Å². The predicted octanol–water partition coefficient (Wildman–Crippen LogP) is 2.93. The van der Waals surface area contributed by atoms with E-state index in [2.05, 4.69) is 24.1 Å². The van der Waals surface area contributed by atoms with Crippen LogP contribution in [-0.4, -0.2) is 22.6 Å². The van der Waals surface area contributed by atoms with Crippen LogP contribution in [0.3, 0.4) is 0 Å². The Kier molecular flexibility index (Phi) is 4.22. The van der Waals surface area contributed by atoms with Crippen LogP contribution >= 0.6 is 0 Å². The fraction of sp³-hybridized carbons (Fsp3) is 0.400. The molecule has 1 heterocycles. The highest BCUT2D eigenvalue weighted by Crippen LogP contribution is 2.24. The number of fused-ring (bicyclic) bond motifs is 1. The molecule has 2 aromatic rings. The molecule has 102 valence electrons. The van der Waals surface area contributed by atoms with E-state index in [0.717, 1.165) is 22.9 Å². The number of aliphatic carboxylic acids is 1. The number of aromatic nitrogens is 1. The second-order valence-corrected chi connectivity index (χ2v) is 5.20. The number of H-pyrrole nitrogens is 1. The van der Waals surface area contributed by atoms with Gasteiger partial charge in [0.05, 0.1) is 0 Å². The Morgan fingerprint density at radius 2 is 2.11 bits per heavy atom. The summed E-state index contributed by atoms with van der Waals surface area (Å²) in [5.41, 5.74) is 1.77. The molecule has 0 aliphatic rings. The smallest absolute Gasteiger partial charge is 0.325 e. The van der Waals surface area contributed by atoms with Crippen molar-refractivity contribution in [2.45, 2.75) is 26.3 Å². The first kappa shape index (κ1) is 13.6. The number of benzene rings is 1. The summed E-state index contributed by atoms with van der Waals surface area (Å²) in [5, 5.41) is 13.5. The Labute approximate surface area is 112 Å². The summed E-state index contributed by atoms with van der Waals surface area (Å²) < 4.78 is 0. The van der Waals surface area contributed by atoms with Gasteiger partial charge in [0.25, 0.3) is 0 Å². The van der Waals surface area contributed by atoms with Gasteiger partial charge in [0, 0.05) is 22.7 Å². The molecule has 0 spiro atoms. The Morgan fingerprint density at radius 3 is 2.79 bits per heavy atom. The average molecular weight is 260 g/mol. The van der Waals surface area contributed by atoms with Crippen LogP contribution in [0.2, 0.25) is 0 Å². The maximum absolute atomic E-state index is 11.4. The number of carboxylic acids is 1. The third kappa shape index (κ3) is 3.15. The monoisotopic (exact) mass is 260 g/mol. The number of aromatic amines is 1. The van der Waals surface area contributed by atoms with Crippen molar-refractivity contribution in [3.05, 3.63) is 36.0 Å². The van der Waals surface area contributed by atoms with Gasteiger partial charge in [0.1, 0.15) is 6.04 Å². The lowest BCUT2D eigenvalue weighted by atomic mass is 10.0. The van der Waals surface area contributed by atoms with Crippen molar-refractivity contribution in [2.75, 3.05) is 6.54 Å². The van der Waals surface area contributed by atoms with Crippen LogP contribution in [0.1, 0.15) is 31.9 Å². The molecule has 0 saturated heterocycles. The van der Waals surface area contributed by atoms with Gasteiger partial charge in [0.2, 0.25) is 0 Å². The lowest BCUT2D eigenvalue weighted by Gasteiger charge is -2.15. The van der Waals surface area contributed by atoms with E-state index in [1.54, 1.807) is 6.20 Å². The summed E-state index contributed by atoms with van der Waals surface area (Å²) in [4.78, 5) is 14.6. The van der Waals surface area contributed by atoms with Crippen molar-refractivity contribution >= 4 is 16.9 Å². The van der Waals surface area contributed by atoms with Crippen molar-refractivity contribution < 1.29 is 9.90 Å². The normalized spacial score (nSPS) is 13.0. The molecule has 0 radical (unpaired) electrons. The van der Waals surface area contributed by atoms with Gasteiger partial charge >= 0.3 is 5.97 Å². The minimum atomic E-state index is -0.839. The summed E-state index contributed by atoms with van der Waals surface area (Å²) in [6, 6.07) is 7.10. The van der Waals surface area contributed by atoms with Gasteiger partial charge in [-0.15, -0.1) is 0 Å². The predicted molar refractivity (Wildman–Crippen MR) is 76.1 cm³/mol. The van der Waals surface area contributed by atoms with Gasteiger partial charge < -0.3 is 15.4 Å². The van der Waals surface area contributed by atoms with Crippen molar-refractivity contribution in [1.82, 2.24) is 10.3 Å². The number of carboxylic acid groups (broad SMARTS) is 1. The van der Waals surface area contributed by atoms with E-state index in [-0.39, 0.29) is 0 Å². The molecule has 2 rings (SSSR count). The first-order valence-corrected chi connectivity index (χ1v) is 6.61. The van der Waals surface area contributed by atoms with Crippen LogP contribution in [0.4, 0.5) is 0 Å².